The smallest absolute Gasteiger partial charge is 0.409 e. The van der Waals surface area contributed by atoms with E-state index in [1.807, 2.05) is 0 Å². The third-order valence-electron chi connectivity index (χ3n) is 4.01. The van der Waals surface area contributed by atoms with Crippen LogP contribution in [0.15, 0.2) is 0 Å². The van der Waals surface area contributed by atoms with E-state index in [1.165, 1.54) is 13.5 Å². The van der Waals surface area contributed by atoms with Crippen LogP contribution in [0.5, 0.6) is 0 Å². The van der Waals surface area contributed by atoms with Crippen LogP contribution in [0.1, 0.15) is 19.3 Å². The van der Waals surface area contributed by atoms with Gasteiger partial charge < -0.3 is 9.64 Å². The van der Waals surface area contributed by atoms with Gasteiger partial charge in [0.2, 0.25) is 0 Å². The maximum Gasteiger partial charge on any atom is 0.409 e. The molecule has 0 aliphatic carbocycles. The molecule has 3 nitrogen and oxygen atoms in total. The highest BCUT2D eigenvalue weighted by atomic mass is 28.3. The van der Waals surface area contributed by atoms with E-state index >= 15 is 0 Å². The Morgan fingerprint density at radius 2 is 1.39 bits per heavy atom. The minimum absolute atomic E-state index is 0.102. The number of ether oxygens (including phenoxy) is 1. The Hall–Kier alpha value is -0.296. The van der Waals surface area contributed by atoms with E-state index in [0.29, 0.717) is 11.3 Å². The summed E-state index contributed by atoms with van der Waals surface area (Å²) in [5.74, 6) is 0. The summed E-state index contributed by atoms with van der Waals surface area (Å²) in [7, 11) is -1.23. The van der Waals surface area contributed by atoms with Crippen molar-refractivity contribution in [1.29, 1.82) is 0 Å². The van der Waals surface area contributed by atoms with Crippen molar-refractivity contribution in [3.63, 3.8) is 0 Å². The summed E-state index contributed by atoms with van der Waals surface area (Å²) in [5, 5.41) is 0. The van der Waals surface area contributed by atoms with E-state index in [2.05, 4.69) is 44.2 Å². The second-order valence-corrected chi connectivity index (χ2v) is 18.4. The van der Waals surface area contributed by atoms with Crippen LogP contribution in [0.3, 0.4) is 0 Å². The van der Waals surface area contributed by atoms with Crippen molar-refractivity contribution >= 4 is 22.2 Å². The number of carbonyl (C=O) groups is 1. The molecule has 1 amide bonds. The monoisotopic (exact) mass is 287 g/mol. The van der Waals surface area contributed by atoms with Gasteiger partial charge in [-0.25, -0.2) is 4.79 Å². The topological polar surface area (TPSA) is 29.5 Å². The minimum Gasteiger partial charge on any atom is -0.453 e. The van der Waals surface area contributed by atoms with Gasteiger partial charge in [-0.15, -0.1) is 0 Å². The number of likely N-dealkylation sites (tertiary alicyclic amines) is 1. The molecule has 0 aromatic rings. The Morgan fingerprint density at radius 1 is 1.00 bits per heavy atom. The van der Waals surface area contributed by atoms with Crippen LogP contribution in [-0.2, 0) is 4.74 Å². The molecule has 1 aliphatic rings. The van der Waals surface area contributed by atoms with Gasteiger partial charge in [-0.1, -0.05) is 39.3 Å². The van der Waals surface area contributed by atoms with Crippen LogP contribution in [-0.4, -0.2) is 45.6 Å². The van der Waals surface area contributed by atoms with Crippen LogP contribution in [0, 0.1) is 0 Å². The second kappa shape index (κ2) is 5.37. The molecule has 0 unspecified atom stereocenters. The molecule has 1 heterocycles. The molecule has 0 N–H and O–H groups in total. The van der Waals surface area contributed by atoms with Gasteiger partial charge in [-0.05, 0) is 19.3 Å². The molecule has 0 saturated carbocycles. The zero-order chi connectivity index (χ0) is 14.1. The highest BCUT2D eigenvalue weighted by Gasteiger charge is 2.45. The van der Waals surface area contributed by atoms with Gasteiger partial charge in [-0.2, -0.15) is 0 Å². The summed E-state index contributed by atoms with van der Waals surface area (Å²) in [6.07, 6.45) is 3.48. The molecule has 1 aliphatic heterocycles. The molecule has 0 aromatic heterocycles. The number of amides is 1. The fourth-order valence-corrected chi connectivity index (χ4v) is 7.59. The highest BCUT2D eigenvalue weighted by Crippen LogP contribution is 2.33. The maximum absolute atomic E-state index is 12.2. The molecule has 5 heteroatoms. The van der Waals surface area contributed by atoms with Crippen LogP contribution >= 0.6 is 0 Å². The third-order valence-corrected chi connectivity index (χ3v) is 9.14. The Bertz CT molecular complexity index is 285. The molecule has 18 heavy (non-hydrogen) atoms. The van der Waals surface area contributed by atoms with E-state index < -0.39 is 16.1 Å². The van der Waals surface area contributed by atoms with Crippen molar-refractivity contribution in [3.05, 3.63) is 0 Å². The summed E-state index contributed by atoms with van der Waals surface area (Å²) in [5.41, 5.74) is 0.880. The lowest BCUT2D eigenvalue weighted by Gasteiger charge is -2.50. The molecule has 0 aromatic carbocycles. The standard InChI is InChI=1S/C13H29NO2Si2/c1-16-13(15)14-11(17(2,3)4)9-8-10-12(14)18(5,6)7/h11-12H,8-10H2,1-7H3/t11-,12-/m0/s1. The Morgan fingerprint density at radius 3 is 1.67 bits per heavy atom. The Balaban J connectivity index is 3.09. The van der Waals surface area contributed by atoms with Gasteiger partial charge in [0.15, 0.2) is 0 Å². The number of carbonyl (C=O) groups excluding carboxylic acids is 1. The lowest BCUT2D eigenvalue weighted by Crippen LogP contribution is -2.65. The fourth-order valence-electron chi connectivity index (χ4n) is 3.06. The van der Waals surface area contributed by atoms with Crippen LogP contribution in [0.25, 0.3) is 0 Å². The van der Waals surface area contributed by atoms with Crippen molar-refractivity contribution in [3.8, 4) is 0 Å². The first-order chi connectivity index (χ1) is 8.09. The van der Waals surface area contributed by atoms with Gasteiger partial charge in [0.05, 0.1) is 23.3 Å². The predicted molar refractivity (Wildman–Crippen MR) is 82.4 cm³/mol. The first kappa shape index (κ1) is 15.8. The van der Waals surface area contributed by atoms with E-state index in [1.54, 1.807) is 0 Å². The quantitative estimate of drug-likeness (QED) is 0.724. The third kappa shape index (κ3) is 3.38. The van der Waals surface area contributed by atoms with Gasteiger partial charge in [-0.3, -0.25) is 0 Å². The zero-order valence-electron chi connectivity index (χ0n) is 13.0. The van der Waals surface area contributed by atoms with Crippen molar-refractivity contribution in [2.45, 2.75) is 69.9 Å². The predicted octanol–water partition coefficient (Wildman–Crippen LogP) is 3.73. The molecule has 0 spiro atoms. The zero-order valence-corrected chi connectivity index (χ0v) is 15.0. The minimum atomic E-state index is -1.37. The average Bonchev–Trinajstić information content (AvgIpc) is 2.24. The summed E-state index contributed by atoms with van der Waals surface area (Å²) in [6, 6.07) is 0. The van der Waals surface area contributed by atoms with Gasteiger partial charge in [0.1, 0.15) is 0 Å². The number of hydrogen-bond donors (Lipinski definition) is 0. The molecule has 2 atom stereocenters. The van der Waals surface area contributed by atoms with Crippen molar-refractivity contribution in [2.75, 3.05) is 7.11 Å². The first-order valence-corrected chi connectivity index (χ1v) is 14.1. The molecule has 1 fully saturated rings. The van der Waals surface area contributed by atoms with Crippen molar-refractivity contribution < 1.29 is 9.53 Å². The highest BCUT2D eigenvalue weighted by molar-refractivity contribution is 6.79. The number of piperidine rings is 1. The van der Waals surface area contributed by atoms with Crippen LogP contribution in [0.2, 0.25) is 39.3 Å². The lowest BCUT2D eigenvalue weighted by molar-refractivity contribution is 0.0941. The molecular weight excluding hydrogens is 258 g/mol. The number of nitrogens with zero attached hydrogens (tertiary/aromatic N) is 1. The van der Waals surface area contributed by atoms with E-state index in [0.717, 1.165) is 12.8 Å². The summed E-state index contributed by atoms with van der Waals surface area (Å²) in [4.78, 5) is 14.4. The van der Waals surface area contributed by atoms with Crippen LogP contribution < -0.4 is 0 Å². The summed E-state index contributed by atoms with van der Waals surface area (Å²) in [6.45, 7) is 14.2. The maximum atomic E-state index is 12.2. The molecule has 1 rings (SSSR count). The van der Waals surface area contributed by atoms with E-state index in [-0.39, 0.29) is 6.09 Å². The fraction of sp³-hybridized carbons (Fsp3) is 0.923. The summed E-state index contributed by atoms with van der Waals surface area (Å²) >= 11 is 0. The summed E-state index contributed by atoms with van der Waals surface area (Å²) < 4.78 is 5.07. The normalized spacial score (nSPS) is 26.1. The van der Waals surface area contributed by atoms with Crippen molar-refractivity contribution in [2.24, 2.45) is 0 Å². The average molecular weight is 288 g/mol. The molecule has 0 radical (unpaired) electrons. The van der Waals surface area contributed by atoms with Gasteiger partial charge in [0, 0.05) is 11.3 Å². The first-order valence-electron chi connectivity index (χ1n) is 6.95. The van der Waals surface area contributed by atoms with E-state index in [4.69, 9.17) is 4.74 Å². The van der Waals surface area contributed by atoms with Crippen LogP contribution in [0.4, 0.5) is 4.79 Å². The molecule has 1 saturated heterocycles. The number of methoxy groups -OCH3 is 1. The van der Waals surface area contributed by atoms with Gasteiger partial charge in [0.25, 0.3) is 0 Å². The second-order valence-electron chi connectivity index (χ2n) is 7.57. The number of rotatable bonds is 2. The number of hydrogen-bond acceptors (Lipinski definition) is 2. The molecule has 0 bridgehead atoms. The Labute approximate surface area is 114 Å². The van der Waals surface area contributed by atoms with Gasteiger partial charge >= 0.3 is 6.09 Å². The molecule has 106 valence electrons. The van der Waals surface area contributed by atoms with E-state index in [9.17, 15) is 4.79 Å². The Kier molecular flexibility index (Phi) is 4.70. The lowest BCUT2D eigenvalue weighted by atomic mass is 10.1. The SMILES string of the molecule is COC(=O)N1[C@@H]([Si](C)(C)C)CCC[C@@H]1[Si](C)(C)C. The molecular formula is C13H29NO2Si2. The van der Waals surface area contributed by atoms with Crippen molar-refractivity contribution in [1.82, 2.24) is 4.90 Å². The largest absolute Gasteiger partial charge is 0.453 e.